The van der Waals surface area contributed by atoms with Crippen molar-refractivity contribution in [2.45, 2.75) is 39.5 Å². The Bertz CT molecular complexity index is 383. The second kappa shape index (κ2) is 7.66. The van der Waals surface area contributed by atoms with Crippen LogP contribution in [-0.2, 0) is 11.2 Å². The number of carbonyl (C=O) groups excluding carboxylic acids is 1. The molecule has 0 saturated carbocycles. The van der Waals surface area contributed by atoms with Gasteiger partial charge in [-0.2, -0.15) is 0 Å². The molecule has 1 aromatic rings. The first-order chi connectivity index (χ1) is 8.22. The minimum Gasteiger partial charge on any atom is -0.472 e. The van der Waals surface area contributed by atoms with Crippen LogP contribution in [0.25, 0.3) is 0 Å². The number of aryl methyl sites for hydroxylation is 1. The van der Waals surface area contributed by atoms with Crippen LogP contribution in [-0.4, -0.2) is 6.29 Å². The molecule has 0 radical (unpaired) electrons. The summed E-state index contributed by atoms with van der Waals surface area (Å²) in [5.74, 6) is 0. The highest BCUT2D eigenvalue weighted by Crippen LogP contribution is 2.10. The molecule has 0 aliphatic heterocycles. The molecule has 0 fully saturated rings. The van der Waals surface area contributed by atoms with Gasteiger partial charge in [0.05, 0.1) is 12.5 Å². The summed E-state index contributed by atoms with van der Waals surface area (Å²) in [7, 11) is 0. The average molecular weight is 232 g/mol. The molecule has 0 atom stereocenters. The van der Waals surface area contributed by atoms with Crippen molar-refractivity contribution in [1.82, 2.24) is 0 Å². The van der Waals surface area contributed by atoms with E-state index in [1.54, 1.807) is 12.5 Å². The summed E-state index contributed by atoms with van der Waals surface area (Å²) in [4.78, 5) is 10.4. The molecule has 0 amide bonds. The molecule has 0 spiro atoms. The fourth-order valence-electron chi connectivity index (χ4n) is 1.60. The third kappa shape index (κ3) is 5.91. The SMILES string of the molecule is CC(C=O)=CCCC(C)=CCCc1ccoc1. The van der Waals surface area contributed by atoms with Crippen LogP contribution < -0.4 is 0 Å². The average Bonchev–Trinajstić information content (AvgIpc) is 2.82. The van der Waals surface area contributed by atoms with E-state index in [2.05, 4.69) is 13.0 Å². The smallest absolute Gasteiger partial charge is 0.145 e. The van der Waals surface area contributed by atoms with Crippen molar-refractivity contribution in [2.24, 2.45) is 0 Å². The second-order valence-electron chi connectivity index (χ2n) is 4.33. The van der Waals surface area contributed by atoms with E-state index in [1.807, 2.05) is 19.1 Å². The molecule has 0 unspecified atom stereocenters. The Morgan fingerprint density at radius 1 is 1.29 bits per heavy atom. The molecule has 1 aromatic heterocycles. The predicted octanol–water partition coefficient (Wildman–Crippen LogP) is 4.08. The van der Waals surface area contributed by atoms with Gasteiger partial charge >= 0.3 is 0 Å². The largest absolute Gasteiger partial charge is 0.472 e. The molecular formula is C15H20O2. The van der Waals surface area contributed by atoms with E-state index < -0.39 is 0 Å². The zero-order valence-electron chi connectivity index (χ0n) is 10.6. The topological polar surface area (TPSA) is 30.2 Å². The highest BCUT2D eigenvalue weighted by Gasteiger charge is 1.93. The number of aldehydes is 1. The van der Waals surface area contributed by atoms with Gasteiger partial charge in [-0.15, -0.1) is 0 Å². The van der Waals surface area contributed by atoms with E-state index in [0.717, 1.165) is 37.5 Å². The number of hydrogen-bond donors (Lipinski definition) is 0. The Kier molecular flexibility index (Phi) is 6.08. The van der Waals surface area contributed by atoms with Gasteiger partial charge in [-0.25, -0.2) is 0 Å². The van der Waals surface area contributed by atoms with Crippen molar-refractivity contribution < 1.29 is 9.21 Å². The van der Waals surface area contributed by atoms with E-state index in [4.69, 9.17) is 4.42 Å². The lowest BCUT2D eigenvalue weighted by atomic mass is 10.1. The Morgan fingerprint density at radius 3 is 2.76 bits per heavy atom. The van der Waals surface area contributed by atoms with Gasteiger partial charge in [-0.3, -0.25) is 4.79 Å². The zero-order valence-corrected chi connectivity index (χ0v) is 10.6. The number of furan rings is 1. The van der Waals surface area contributed by atoms with Crippen molar-refractivity contribution in [1.29, 1.82) is 0 Å². The van der Waals surface area contributed by atoms with Crippen LogP contribution in [0.3, 0.4) is 0 Å². The Balaban J connectivity index is 2.23. The number of allylic oxidation sites excluding steroid dienone is 4. The number of rotatable bonds is 7. The van der Waals surface area contributed by atoms with Crippen LogP contribution in [0.1, 0.15) is 38.7 Å². The quantitative estimate of drug-likeness (QED) is 0.403. The molecule has 1 heterocycles. The molecule has 0 N–H and O–H groups in total. The van der Waals surface area contributed by atoms with Gasteiger partial charge in [0.15, 0.2) is 0 Å². The summed E-state index contributed by atoms with van der Waals surface area (Å²) in [5.41, 5.74) is 3.44. The third-order valence-corrected chi connectivity index (χ3v) is 2.70. The van der Waals surface area contributed by atoms with E-state index in [1.165, 1.54) is 11.1 Å². The van der Waals surface area contributed by atoms with Gasteiger partial charge in [0.1, 0.15) is 6.29 Å². The first-order valence-electron chi connectivity index (χ1n) is 6.01. The fraction of sp³-hybridized carbons (Fsp3) is 0.400. The second-order valence-corrected chi connectivity index (χ2v) is 4.33. The molecule has 1 rings (SSSR count). The van der Waals surface area contributed by atoms with Crippen molar-refractivity contribution in [3.8, 4) is 0 Å². The first-order valence-corrected chi connectivity index (χ1v) is 6.01. The highest BCUT2D eigenvalue weighted by molar-refractivity contribution is 5.71. The Morgan fingerprint density at radius 2 is 2.12 bits per heavy atom. The Labute approximate surface area is 103 Å². The van der Waals surface area contributed by atoms with Gasteiger partial charge in [0.25, 0.3) is 0 Å². The predicted molar refractivity (Wildman–Crippen MR) is 69.8 cm³/mol. The van der Waals surface area contributed by atoms with Crippen LogP contribution >= 0.6 is 0 Å². The van der Waals surface area contributed by atoms with E-state index in [-0.39, 0.29) is 0 Å². The molecule has 17 heavy (non-hydrogen) atoms. The first kappa shape index (κ1) is 13.5. The number of hydrogen-bond acceptors (Lipinski definition) is 2. The van der Waals surface area contributed by atoms with Crippen molar-refractivity contribution >= 4 is 6.29 Å². The van der Waals surface area contributed by atoms with Gasteiger partial charge in [-0.1, -0.05) is 17.7 Å². The van der Waals surface area contributed by atoms with E-state index >= 15 is 0 Å². The monoisotopic (exact) mass is 232 g/mol. The molecule has 2 heteroatoms. The minimum absolute atomic E-state index is 0.816. The fourth-order valence-corrected chi connectivity index (χ4v) is 1.60. The lowest BCUT2D eigenvalue weighted by Crippen LogP contribution is -1.82. The number of carbonyl (C=O) groups is 1. The van der Waals surface area contributed by atoms with Crippen molar-refractivity contribution in [2.75, 3.05) is 0 Å². The molecule has 0 aliphatic rings. The summed E-state index contributed by atoms with van der Waals surface area (Å²) in [6.45, 7) is 3.98. The highest BCUT2D eigenvalue weighted by atomic mass is 16.3. The zero-order chi connectivity index (χ0) is 12.5. The van der Waals surface area contributed by atoms with Crippen LogP contribution in [0.4, 0.5) is 0 Å². The third-order valence-electron chi connectivity index (χ3n) is 2.70. The van der Waals surface area contributed by atoms with Crippen LogP contribution in [0.2, 0.25) is 0 Å². The molecule has 0 aliphatic carbocycles. The summed E-state index contributed by atoms with van der Waals surface area (Å²) < 4.78 is 5.01. The molecule has 92 valence electrons. The maximum Gasteiger partial charge on any atom is 0.145 e. The molecular weight excluding hydrogens is 212 g/mol. The lowest BCUT2D eigenvalue weighted by molar-refractivity contribution is -0.104. The van der Waals surface area contributed by atoms with Gasteiger partial charge in [0.2, 0.25) is 0 Å². The van der Waals surface area contributed by atoms with Crippen LogP contribution in [0.15, 0.2) is 46.3 Å². The summed E-state index contributed by atoms with van der Waals surface area (Å²) in [5, 5.41) is 0. The van der Waals surface area contributed by atoms with Crippen LogP contribution in [0, 0.1) is 0 Å². The maximum atomic E-state index is 10.4. The lowest BCUT2D eigenvalue weighted by Gasteiger charge is -1.98. The van der Waals surface area contributed by atoms with E-state index in [0.29, 0.717) is 0 Å². The van der Waals surface area contributed by atoms with Crippen molar-refractivity contribution in [3.05, 3.63) is 47.5 Å². The molecule has 0 aromatic carbocycles. The summed E-state index contributed by atoms with van der Waals surface area (Å²) >= 11 is 0. The minimum atomic E-state index is 0.816. The Hall–Kier alpha value is -1.57. The van der Waals surface area contributed by atoms with Gasteiger partial charge < -0.3 is 4.42 Å². The molecule has 0 bridgehead atoms. The summed E-state index contributed by atoms with van der Waals surface area (Å²) in [6.07, 6.45) is 12.7. The van der Waals surface area contributed by atoms with Crippen molar-refractivity contribution in [3.63, 3.8) is 0 Å². The molecule has 0 saturated heterocycles. The molecule has 2 nitrogen and oxygen atoms in total. The maximum absolute atomic E-state index is 10.4. The normalized spacial score (nSPS) is 12.8. The van der Waals surface area contributed by atoms with E-state index in [9.17, 15) is 4.79 Å². The standard InChI is InChI=1S/C15H20O2/c1-13(5-3-7-14(2)11-16)6-4-8-15-9-10-17-12-15/h6-7,9-12H,3-5,8H2,1-2H3. The summed E-state index contributed by atoms with van der Waals surface area (Å²) in [6, 6.07) is 2.00. The van der Waals surface area contributed by atoms with Crippen LogP contribution in [0.5, 0.6) is 0 Å². The van der Waals surface area contributed by atoms with Gasteiger partial charge in [0, 0.05) is 0 Å². The van der Waals surface area contributed by atoms with Gasteiger partial charge in [-0.05, 0) is 56.7 Å².